The van der Waals surface area contributed by atoms with Gasteiger partial charge in [0.1, 0.15) is 17.1 Å². The van der Waals surface area contributed by atoms with Crippen molar-refractivity contribution in [3.05, 3.63) is 70.1 Å². The molecule has 24 heavy (non-hydrogen) atoms. The van der Waals surface area contributed by atoms with Crippen LogP contribution in [0, 0.1) is 0 Å². The summed E-state index contributed by atoms with van der Waals surface area (Å²) in [7, 11) is 0. The van der Waals surface area contributed by atoms with Crippen molar-refractivity contribution in [2.45, 2.75) is 12.8 Å². The summed E-state index contributed by atoms with van der Waals surface area (Å²) in [4.78, 5) is 12.4. The van der Waals surface area contributed by atoms with Gasteiger partial charge >= 0.3 is 5.97 Å². The largest absolute Gasteiger partial charge is 0.506 e. The van der Waals surface area contributed by atoms with E-state index in [1.807, 2.05) is 30.3 Å². The van der Waals surface area contributed by atoms with Gasteiger partial charge in [0.25, 0.3) is 0 Å². The molecule has 3 rings (SSSR count). The second kappa shape index (κ2) is 6.45. The van der Waals surface area contributed by atoms with Crippen LogP contribution in [0.15, 0.2) is 53.9 Å². The number of esters is 1. The molecule has 1 heterocycles. The van der Waals surface area contributed by atoms with Gasteiger partial charge in [-0.25, -0.2) is 4.79 Å². The van der Waals surface area contributed by atoms with Crippen molar-refractivity contribution >= 4 is 17.6 Å². The van der Waals surface area contributed by atoms with Crippen LogP contribution in [0.3, 0.4) is 0 Å². The average molecular weight is 346 g/mol. The molecule has 1 unspecified atom stereocenters. The molecule has 0 fully saturated rings. The predicted octanol–water partition coefficient (Wildman–Crippen LogP) is 3.30. The van der Waals surface area contributed by atoms with Gasteiger partial charge < -0.3 is 20.3 Å². The first-order chi connectivity index (χ1) is 11.5. The number of ether oxygens (including phenoxy) is 2. The van der Waals surface area contributed by atoms with Gasteiger partial charge in [0.05, 0.1) is 17.5 Å². The van der Waals surface area contributed by atoms with Crippen LogP contribution in [0.1, 0.15) is 24.0 Å². The van der Waals surface area contributed by atoms with Gasteiger partial charge in [-0.15, -0.1) is 0 Å². The normalized spacial score (nSPS) is 16.3. The van der Waals surface area contributed by atoms with E-state index in [2.05, 4.69) is 0 Å². The number of halogens is 1. The Hall–Kier alpha value is -2.66. The second-order valence-electron chi connectivity index (χ2n) is 5.29. The fourth-order valence-corrected chi connectivity index (χ4v) is 2.93. The van der Waals surface area contributed by atoms with E-state index in [9.17, 15) is 9.90 Å². The maximum absolute atomic E-state index is 12.4. The molecule has 5 nitrogen and oxygen atoms in total. The van der Waals surface area contributed by atoms with Gasteiger partial charge in [0.15, 0.2) is 0 Å². The van der Waals surface area contributed by atoms with Crippen LogP contribution in [0.2, 0.25) is 5.02 Å². The van der Waals surface area contributed by atoms with Crippen molar-refractivity contribution in [3.63, 3.8) is 0 Å². The van der Waals surface area contributed by atoms with Crippen LogP contribution in [0.5, 0.6) is 11.5 Å². The Kier molecular flexibility index (Phi) is 4.36. The number of aromatic hydroxyl groups is 1. The number of nitrogens with two attached hydrogens (primary N) is 1. The lowest BCUT2D eigenvalue weighted by Gasteiger charge is -2.28. The Balaban J connectivity index is 2.22. The summed E-state index contributed by atoms with van der Waals surface area (Å²) < 4.78 is 10.7. The first-order valence-corrected chi connectivity index (χ1v) is 7.82. The minimum absolute atomic E-state index is 0.0449. The lowest BCUT2D eigenvalue weighted by Crippen LogP contribution is -2.27. The molecule has 0 saturated heterocycles. The highest BCUT2D eigenvalue weighted by Crippen LogP contribution is 2.45. The number of hydrogen-bond donors (Lipinski definition) is 2. The lowest BCUT2D eigenvalue weighted by molar-refractivity contribution is -0.139. The second-order valence-corrected chi connectivity index (χ2v) is 5.69. The summed E-state index contributed by atoms with van der Waals surface area (Å²) in [6.07, 6.45) is 0. The highest BCUT2D eigenvalue weighted by atomic mass is 35.5. The first-order valence-electron chi connectivity index (χ1n) is 7.44. The fourth-order valence-electron chi connectivity index (χ4n) is 2.76. The molecule has 0 aromatic heterocycles. The molecule has 2 aromatic carbocycles. The van der Waals surface area contributed by atoms with Crippen molar-refractivity contribution in [1.29, 1.82) is 0 Å². The topological polar surface area (TPSA) is 81.8 Å². The fraction of sp³-hybridized carbons (Fsp3) is 0.167. The van der Waals surface area contributed by atoms with Crippen molar-refractivity contribution in [3.8, 4) is 11.5 Å². The molecule has 1 aliphatic heterocycles. The summed E-state index contributed by atoms with van der Waals surface area (Å²) in [5, 5.41) is 9.99. The maximum Gasteiger partial charge on any atom is 0.340 e. The van der Waals surface area contributed by atoms with Crippen LogP contribution >= 0.6 is 11.6 Å². The third-order valence-electron chi connectivity index (χ3n) is 3.79. The van der Waals surface area contributed by atoms with E-state index in [4.69, 9.17) is 26.8 Å². The van der Waals surface area contributed by atoms with E-state index < -0.39 is 11.9 Å². The van der Waals surface area contributed by atoms with Crippen molar-refractivity contribution in [2.24, 2.45) is 5.73 Å². The molecule has 0 spiro atoms. The van der Waals surface area contributed by atoms with Gasteiger partial charge in [0.2, 0.25) is 5.88 Å². The van der Waals surface area contributed by atoms with Crippen molar-refractivity contribution in [1.82, 2.24) is 0 Å². The van der Waals surface area contributed by atoms with E-state index in [1.165, 1.54) is 6.07 Å². The van der Waals surface area contributed by atoms with Crippen LogP contribution in [0.4, 0.5) is 0 Å². The smallest absolute Gasteiger partial charge is 0.340 e. The Morgan fingerprint density at radius 3 is 2.71 bits per heavy atom. The molecule has 2 aromatic rings. The van der Waals surface area contributed by atoms with Crippen LogP contribution in [0.25, 0.3) is 0 Å². The molecule has 0 aliphatic carbocycles. The standard InChI is InChI=1S/C18H16ClNO4/c1-2-23-18(22)16-15(10-6-4-3-5-7-10)11-8-12(19)13(21)9-14(11)24-17(16)20/h3-9,15,21H,2,20H2,1H3. The molecule has 0 amide bonds. The van der Waals surface area contributed by atoms with Gasteiger partial charge in [0, 0.05) is 11.6 Å². The van der Waals surface area contributed by atoms with E-state index in [1.54, 1.807) is 13.0 Å². The number of benzene rings is 2. The van der Waals surface area contributed by atoms with Gasteiger partial charge in [-0.2, -0.15) is 0 Å². The number of hydrogen-bond acceptors (Lipinski definition) is 5. The van der Waals surface area contributed by atoms with Crippen LogP contribution < -0.4 is 10.5 Å². The molecule has 0 radical (unpaired) electrons. The van der Waals surface area contributed by atoms with Gasteiger partial charge in [-0.05, 0) is 18.6 Å². The zero-order chi connectivity index (χ0) is 17.3. The summed E-state index contributed by atoms with van der Waals surface area (Å²) >= 11 is 6.05. The monoisotopic (exact) mass is 345 g/mol. The lowest BCUT2D eigenvalue weighted by atomic mass is 9.83. The third kappa shape index (κ3) is 2.78. The molecular formula is C18H16ClNO4. The zero-order valence-electron chi connectivity index (χ0n) is 13.0. The molecule has 3 N–H and O–H groups in total. The number of phenols is 1. The zero-order valence-corrected chi connectivity index (χ0v) is 13.7. The Morgan fingerprint density at radius 1 is 1.33 bits per heavy atom. The summed E-state index contributed by atoms with van der Waals surface area (Å²) in [5.41, 5.74) is 7.69. The number of fused-ring (bicyclic) bond motifs is 1. The Bertz CT molecular complexity index is 817. The third-order valence-corrected chi connectivity index (χ3v) is 4.10. The van der Waals surface area contributed by atoms with Crippen molar-refractivity contribution < 1.29 is 19.4 Å². The summed E-state index contributed by atoms with van der Waals surface area (Å²) in [6, 6.07) is 12.3. The van der Waals surface area contributed by atoms with E-state index in [-0.39, 0.29) is 28.8 Å². The molecule has 0 bridgehead atoms. The highest BCUT2D eigenvalue weighted by molar-refractivity contribution is 6.32. The van der Waals surface area contributed by atoms with Gasteiger partial charge in [-0.3, -0.25) is 0 Å². The molecule has 0 saturated carbocycles. The van der Waals surface area contributed by atoms with Crippen LogP contribution in [-0.2, 0) is 9.53 Å². The Labute approximate surface area is 144 Å². The molecular weight excluding hydrogens is 330 g/mol. The van der Waals surface area contributed by atoms with E-state index in [0.717, 1.165) is 5.56 Å². The minimum Gasteiger partial charge on any atom is -0.506 e. The SMILES string of the molecule is CCOC(=O)C1=C(N)Oc2cc(O)c(Cl)cc2C1c1ccccc1. The van der Waals surface area contributed by atoms with E-state index in [0.29, 0.717) is 11.3 Å². The predicted molar refractivity (Wildman–Crippen MR) is 89.9 cm³/mol. The molecule has 124 valence electrons. The maximum atomic E-state index is 12.4. The summed E-state index contributed by atoms with van der Waals surface area (Å²) in [6.45, 7) is 1.94. The van der Waals surface area contributed by atoms with E-state index >= 15 is 0 Å². The number of phenolic OH excluding ortho intramolecular Hbond substituents is 1. The minimum atomic E-state index is -0.543. The molecule has 6 heteroatoms. The average Bonchev–Trinajstić information content (AvgIpc) is 2.56. The molecule has 1 atom stereocenters. The van der Waals surface area contributed by atoms with Gasteiger partial charge in [-0.1, -0.05) is 41.9 Å². The highest BCUT2D eigenvalue weighted by Gasteiger charge is 2.36. The number of rotatable bonds is 3. The number of carbonyl (C=O) groups excluding carboxylic acids is 1. The summed E-state index contributed by atoms with van der Waals surface area (Å²) in [5.74, 6) is -0.840. The first kappa shape index (κ1) is 16.2. The van der Waals surface area contributed by atoms with Crippen molar-refractivity contribution in [2.75, 3.05) is 6.61 Å². The van der Waals surface area contributed by atoms with Crippen LogP contribution in [-0.4, -0.2) is 17.7 Å². The number of carbonyl (C=O) groups is 1. The molecule has 1 aliphatic rings. The Morgan fingerprint density at radius 2 is 2.04 bits per heavy atom. The quantitative estimate of drug-likeness (QED) is 0.834.